The molecular formula is C5H6BrN3O2. The molecule has 1 aromatic rings. The molecule has 0 aliphatic heterocycles. The molecule has 11 heavy (non-hydrogen) atoms. The van der Waals surface area contributed by atoms with Gasteiger partial charge in [-0.25, -0.2) is 9.47 Å². The highest BCUT2D eigenvalue weighted by Gasteiger charge is 2.04. The molecule has 0 amide bonds. The lowest BCUT2D eigenvalue weighted by Gasteiger charge is -2.01. The molecule has 1 heterocycles. The van der Waals surface area contributed by atoms with E-state index in [0.717, 1.165) is 4.68 Å². The zero-order valence-electron chi connectivity index (χ0n) is 5.72. The van der Waals surface area contributed by atoms with E-state index in [0.29, 0.717) is 5.69 Å². The third-order valence-electron chi connectivity index (χ3n) is 1.32. The van der Waals surface area contributed by atoms with Gasteiger partial charge < -0.3 is 5.84 Å². The molecule has 0 saturated heterocycles. The summed E-state index contributed by atoms with van der Waals surface area (Å²) >= 11 is 2.98. The summed E-state index contributed by atoms with van der Waals surface area (Å²) in [4.78, 5) is 23.6. The average molecular weight is 220 g/mol. The van der Waals surface area contributed by atoms with Gasteiger partial charge in [-0.05, 0) is 22.9 Å². The van der Waals surface area contributed by atoms with Gasteiger partial charge in [-0.15, -0.1) is 0 Å². The SMILES string of the molecule is Cc1c(Br)c(=O)[nH]c(=O)n1N. The van der Waals surface area contributed by atoms with Gasteiger partial charge in [-0.3, -0.25) is 9.78 Å². The molecule has 0 atom stereocenters. The molecule has 0 aliphatic rings. The summed E-state index contributed by atoms with van der Waals surface area (Å²) in [5, 5.41) is 0. The quantitative estimate of drug-likeness (QED) is 0.568. The van der Waals surface area contributed by atoms with Crippen LogP contribution < -0.4 is 17.1 Å². The maximum atomic E-state index is 10.8. The Morgan fingerprint density at radius 2 is 2.09 bits per heavy atom. The molecule has 0 radical (unpaired) electrons. The summed E-state index contributed by atoms with van der Waals surface area (Å²) < 4.78 is 1.14. The van der Waals surface area contributed by atoms with Crippen molar-refractivity contribution in [3.8, 4) is 0 Å². The number of hydrogen-bond acceptors (Lipinski definition) is 3. The third kappa shape index (κ3) is 1.21. The highest BCUT2D eigenvalue weighted by Crippen LogP contribution is 2.04. The molecule has 0 fully saturated rings. The largest absolute Gasteiger partial charge is 0.346 e. The first-order valence-electron chi connectivity index (χ1n) is 2.80. The maximum absolute atomic E-state index is 10.8. The second-order valence-electron chi connectivity index (χ2n) is 2.03. The highest BCUT2D eigenvalue weighted by molar-refractivity contribution is 9.10. The van der Waals surface area contributed by atoms with Crippen molar-refractivity contribution in [3.05, 3.63) is 31.0 Å². The van der Waals surface area contributed by atoms with E-state index in [1.165, 1.54) is 0 Å². The minimum absolute atomic E-state index is 0.277. The zero-order valence-corrected chi connectivity index (χ0v) is 7.31. The Balaban J connectivity index is 3.73. The Kier molecular flexibility index (Phi) is 1.86. The Hall–Kier alpha value is -1.04. The Labute approximate surface area is 69.9 Å². The first-order valence-corrected chi connectivity index (χ1v) is 3.60. The van der Waals surface area contributed by atoms with E-state index < -0.39 is 11.2 Å². The van der Waals surface area contributed by atoms with Crippen LogP contribution in [0.15, 0.2) is 14.1 Å². The number of hydrogen-bond donors (Lipinski definition) is 2. The number of nitrogens with zero attached hydrogens (tertiary/aromatic N) is 1. The Morgan fingerprint density at radius 3 is 2.64 bits per heavy atom. The standard InChI is InChI=1S/C5H6BrN3O2/c1-2-3(6)4(10)8-5(11)9(2)7/h7H2,1H3,(H,8,10,11). The van der Waals surface area contributed by atoms with Crippen molar-refractivity contribution in [2.75, 3.05) is 5.84 Å². The summed E-state index contributed by atoms with van der Waals surface area (Å²) in [5.41, 5.74) is -0.677. The summed E-state index contributed by atoms with van der Waals surface area (Å²) in [5.74, 6) is 5.26. The molecule has 0 spiro atoms. The molecule has 5 nitrogen and oxygen atoms in total. The lowest BCUT2D eigenvalue weighted by atomic mass is 10.4. The van der Waals surface area contributed by atoms with Gasteiger partial charge in [0.05, 0.1) is 5.69 Å². The maximum Gasteiger partial charge on any atom is 0.346 e. The van der Waals surface area contributed by atoms with Gasteiger partial charge in [0.2, 0.25) is 0 Å². The minimum Gasteiger partial charge on any atom is -0.335 e. The van der Waals surface area contributed by atoms with E-state index >= 15 is 0 Å². The number of nitrogens with two attached hydrogens (primary N) is 1. The molecule has 0 saturated carbocycles. The average Bonchev–Trinajstić information content (AvgIpc) is 1.97. The first kappa shape index (κ1) is 8.06. The van der Waals surface area contributed by atoms with Crippen molar-refractivity contribution in [1.82, 2.24) is 9.66 Å². The van der Waals surface area contributed by atoms with E-state index in [-0.39, 0.29) is 4.47 Å². The monoisotopic (exact) mass is 219 g/mol. The van der Waals surface area contributed by atoms with E-state index in [4.69, 9.17) is 5.84 Å². The molecule has 1 aromatic heterocycles. The van der Waals surface area contributed by atoms with Crippen LogP contribution in [-0.4, -0.2) is 9.66 Å². The first-order chi connectivity index (χ1) is 5.04. The third-order valence-corrected chi connectivity index (χ3v) is 2.25. The Morgan fingerprint density at radius 1 is 1.55 bits per heavy atom. The van der Waals surface area contributed by atoms with Crippen LogP contribution in [-0.2, 0) is 0 Å². The van der Waals surface area contributed by atoms with Gasteiger partial charge in [0.15, 0.2) is 0 Å². The second kappa shape index (κ2) is 2.54. The number of halogens is 1. The lowest BCUT2D eigenvalue weighted by molar-refractivity contribution is 0.809. The van der Waals surface area contributed by atoms with Crippen molar-refractivity contribution < 1.29 is 0 Å². The van der Waals surface area contributed by atoms with Crippen molar-refractivity contribution in [2.45, 2.75) is 6.92 Å². The molecule has 0 aromatic carbocycles. The number of aromatic amines is 1. The van der Waals surface area contributed by atoms with Crippen molar-refractivity contribution in [2.24, 2.45) is 0 Å². The predicted molar refractivity (Wildman–Crippen MR) is 43.9 cm³/mol. The van der Waals surface area contributed by atoms with Crippen LogP contribution in [0.1, 0.15) is 5.69 Å². The lowest BCUT2D eigenvalue weighted by Crippen LogP contribution is -2.36. The number of nitrogen functional groups attached to an aromatic ring is 1. The predicted octanol–water partition coefficient (Wildman–Crippen LogP) is -0.679. The van der Waals surface area contributed by atoms with Crippen LogP contribution in [0.3, 0.4) is 0 Å². The van der Waals surface area contributed by atoms with Crippen LogP contribution >= 0.6 is 15.9 Å². The van der Waals surface area contributed by atoms with Crippen LogP contribution in [0.5, 0.6) is 0 Å². The molecule has 0 aliphatic carbocycles. The molecule has 6 heteroatoms. The number of nitrogens with one attached hydrogen (secondary N) is 1. The van der Waals surface area contributed by atoms with E-state index in [2.05, 4.69) is 15.9 Å². The van der Waals surface area contributed by atoms with Gasteiger partial charge in [0.1, 0.15) is 4.47 Å². The number of H-pyrrole nitrogens is 1. The van der Waals surface area contributed by atoms with Gasteiger partial charge >= 0.3 is 5.69 Å². The van der Waals surface area contributed by atoms with Crippen LogP contribution in [0.25, 0.3) is 0 Å². The van der Waals surface area contributed by atoms with Crippen molar-refractivity contribution in [3.63, 3.8) is 0 Å². The van der Waals surface area contributed by atoms with Crippen LogP contribution in [0.4, 0.5) is 0 Å². The van der Waals surface area contributed by atoms with Crippen molar-refractivity contribution in [1.29, 1.82) is 0 Å². The molecule has 60 valence electrons. The van der Waals surface area contributed by atoms with Crippen LogP contribution in [0, 0.1) is 6.92 Å². The summed E-state index contributed by atoms with van der Waals surface area (Å²) in [6, 6.07) is 0. The molecule has 1 rings (SSSR count). The van der Waals surface area contributed by atoms with Crippen LogP contribution in [0.2, 0.25) is 0 Å². The normalized spacial score (nSPS) is 10.0. The van der Waals surface area contributed by atoms with E-state index in [9.17, 15) is 9.59 Å². The smallest absolute Gasteiger partial charge is 0.335 e. The molecular weight excluding hydrogens is 214 g/mol. The van der Waals surface area contributed by atoms with Gasteiger partial charge in [-0.2, -0.15) is 0 Å². The highest BCUT2D eigenvalue weighted by atomic mass is 79.9. The fraction of sp³-hybridized carbons (Fsp3) is 0.200. The second-order valence-corrected chi connectivity index (χ2v) is 2.82. The van der Waals surface area contributed by atoms with Gasteiger partial charge in [0, 0.05) is 0 Å². The van der Waals surface area contributed by atoms with E-state index in [1.807, 2.05) is 4.98 Å². The van der Waals surface area contributed by atoms with Gasteiger partial charge in [-0.1, -0.05) is 0 Å². The van der Waals surface area contributed by atoms with Gasteiger partial charge in [0.25, 0.3) is 5.56 Å². The summed E-state index contributed by atoms with van der Waals surface area (Å²) in [6.45, 7) is 1.57. The van der Waals surface area contributed by atoms with E-state index in [1.54, 1.807) is 6.92 Å². The molecule has 0 bridgehead atoms. The number of rotatable bonds is 0. The molecule has 0 unspecified atom stereocenters. The Bertz CT molecular complexity index is 357. The topological polar surface area (TPSA) is 80.9 Å². The summed E-state index contributed by atoms with van der Waals surface area (Å²) in [6.07, 6.45) is 0. The number of aromatic nitrogens is 2. The fourth-order valence-electron chi connectivity index (χ4n) is 0.635. The summed E-state index contributed by atoms with van der Waals surface area (Å²) in [7, 11) is 0. The minimum atomic E-state index is -0.615. The fourth-order valence-corrected chi connectivity index (χ4v) is 0.925. The molecule has 3 N–H and O–H groups in total. The zero-order chi connectivity index (χ0) is 8.59. The van der Waals surface area contributed by atoms with Crippen molar-refractivity contribution >= 4 is 15.9 Å².